The van der Waals surface area contributed by atoms with Gasteiger partial charge >= 0.3 is 0 Å². The van der Waals surface area contributed by atoms with E-state index in [9.17, 15) is 0 Å². The second-order valence-corrected chi connectivity index (χ2v) is 5.33. The summed E-state index contributed by atoms with van der Waals surface area (Å²) in [6, 6.07) is 0. The first-order valence-corrected chi connectivity index (χ1v) is 6.23. The molecule has 0 aromatic rings. The first-order chi connectivity index (χ1) is 7.34. The Morgan fingerprint density at radius 1 is 1.06 bits per heavy atom. The summed E-state index contributed by atoms with van der Waals surface area (Å²) < 4.78 is 0. The van der Waals surface area contributed by atoms with Gasteiger partial charge < -0.3 is 9.80 Å². The standard InChI is InChI=1S/C12H22N2S2/c1-10(9-12(16)14(4)5)7-6-8-11(15)13(2)3/h6-7,10H,8-9H2,1-5H3/b7-6+. The molecule has 16 heavy (non-hydrogen) atoms. The highest BCUT2D eigenvalue weighted by Crippen LogP contribution is 2.08. The van der Waals surface area contributed by atoms with Crippen molar-refractivity contribution < 1.29 is 0 Å². The largest absolute Gasteiger partial charge is 0.372 e. The van der Waals surface area contributed by atoms with Crippen LogP contribution in [0.3, 0.4) is 0 Å². The maximum absolute atomic E-state index is 5.26. The predicted octanol–water partition coefficient (Wildman–Crippen LogP) is 2.74. The van der Waals surface area contributed by atoms with Crippen molar-refractivity contribution in [1.82, 2.24) is 9.80 Å². The van der Waals surface area contributed by atoms with Gasteiger partial charge in [0.05, 0.1) is 9.98 Å². The lowest BCUT2D eigenvalue weighted by molar-refractivity contribution is 0.596. The molecule has 0 saturated heterocycles. The molecule has 0 aromatic carbocycles. The van der Waals surface area contributed by atoms with Gasteiger partial charge in [0.15, 0.2) is 0 Å². The molecule has 2 nitrogen and oxygen atoms in total. The zero-order valence-corrected chi connectivity index (χ0v) is 12.5. The van der Waals surface area contributed by atoms with Gasteiger partial charge in [-0.05, 0) is 5.92 Å². The van der Waals surface area contributed by atoms with Gasteiger partial charge in [-0.3, -0.25) is 0 Å². The fourth-order valence-electron chi connectivity index (χ4n) is 1.11. The van der Waals surface area contributed by atoms with Crippen LogP contribution in [0.1, 0.15) is 19.8 Å². The molecule has 0 fully saturated rings. The van der Waals surface area contributed by atoms with E-state index >= 15 is 0 Å². The van der Waals surface area contributed by atoms with Crippen molar-refractivity contribution in [1.29, 1.82) is 0 Å². The fourth-order valence-corrected chi connectivity index (χ4v) is 1.47. The summed E-state index contributed by atoms with van der Waals surface area (Å²) >= 11 is 10.5. The van der Waals surface area contributed by atoms with Crippen LogP contribution in [-0.2, 0) is 0 Å². The first kappa shape index (κ1) is 15.5. The highest BCUT2D eigenvalue weighted by Gasteiger charge is 2.04. The van der Waals surface area contributed by atoms with Gasteiger partial charge in [0.1, 0.15) is 0 Å². The third-order valence-electron chi connectivity index (χ3n) is 2.25. The van der Waals surface area contributed by atoms with Crippen LogP contribution in [0.5, 0.6) is 0 Å². The number of thiocarbonyl (C=S) groups is 2. The molecular weight excluding hydrogens is 236 g/mol. The van der Waals surface area contributed by atoms with E-state index in [0.29, 0.717) is 5.92 Å². The molecule has 0 rings (SSSR count). The second-order valence-electron chi connectivity index (χ2n) is 4.39. The molecule has 92 valence electrons. The lowest BCUT2D eigenvalue weighted by Crippen LogP contribution is -2.21. The van der Waals surface area contributed by atoms with Gasteiger partial charge in [0.25, 0.3) is 0 Å². The lowest BCUT2D eigenvalue weighted by atomic mass is 10.1. The maximum Gasteiger partial charge on any atom is 0.0812 e. The number of hydrogen-bond donors (Lipinski definition) is 0. The van der Waals surface area contributed by atoms with E-state index in [4.69, 9.17) is 24.4 Å². The summed E-state index contributed by atoms with van der Waals surface area (Å²) in [6.07, 6.45) is 6.08. The number of nitrogens with zero attached hydrogens (tertiary/aromatic N) is 2. The third-order valence-corrected chi connectivity index (χ3v) is 3.31. The Balaban J connectivity index is 3.96. The molecule has 0 aromatic heterocycles. The van der Waals surface area contributed by atoms with E-state index < -0.39 is 0 Å². The Kier molecular flexibility index (Phi) is 7.51. The van der Waals surface area contributed by atoms with Crippen molar-refractivity contribution in [2.45, 2.75) is 19.8 Å². The average Bonchev–Trinajstić information content (AvgIpc) is 2.16. The second kappa shape index (κ2) is 7.74. The Labute approximate surface area is 110 Å². The van der Waals surface area contributed by atoms with E-state index in [1.807, 2.05) is 38.0 Å². The summed E-state index contributed by atoms with van der Waals surface area (Å²) in [5.41, 5.74) is 0. The van der Waals surface area contributed by atoms with Crippen molar-refractivity contribution in [2.24, 2.45) is 5.92 Å². The van der Waals surface area contributed by atoms with Gasteiger partial charge in [-0.15, -0.1) is 0 Å². The fraction of sp³-hybridized carbons (Fsp3) is 0.667. The Bertz CT molecular complexity index is 270. The van der Waals surface area contributed by atoms with Crippen LogP contribution in [0.15, 0.2) is 12.2 Å². The molecule has 4 heteroatoms. The smallest absolute Gasteiger partial charge is 0.0812 e. The van der Waals surface area contributed by atoms with Gasteiger partial charge in [-0.1, -0.05) is 43.5 Å². The van der Waals surface area contributed by atoms with Crippen molar-refractivity contribution in [3.8, 4) is 0 Å². The Morgan fingerprint density at radius 3 is 2.00 bits per heavy atom. The van der Waals surface area contributed by atoms with Crippen molar-refractivity contribution in [2.75, 3.05) is 28.2 Å². The number of rotatable bonds is 5. The molecule has 0 radical (unpaired) electrons. The van der Waals surface area contributed by atoms with Crippen molar-refractivity contribution >= 4 is 34.4 Å². The minimum Gasteiger partial charge on any atom is -0.372 e. The zero-order chi connectivity index (χ0) is 12.7. The molecule has 0 heterocycles. The number of hydrogen-bond acceptors (Lipinski definition) is 2. The summed E-state index contributed by atoms with van der Waals surface area (Å²) in [6.45, 7) is 2.17. The average molecular weight is 258 g/mol. The number of allylic oxidation sites excluding steroid dienone is 1. The predicted molar refractivity (Wildman–Crippen MR) is 80.1 cm³/mol. The molecule has 1 atom stereocenters. The van der Waals surface area contributed by atoms with E-state index in [1.165, 1.54) is 0 Å². The van der Waals surface area contributed by atoms with Gasteiger partial charge in [-0.2, -0.15) is 0 Å². The maximum atomic E-state index is 5.26. The third kappa shape index (κ3) is 6.90. The van der Waals surface area contributed by atoms with Gasteiger partial charge in [0.2, 0.25) is 0 Å². The molecule has 0 saturated carbocycles. The van der Waals surface area contributed by atoms with Gasteiger partial charge in [-0.25, -0.2) is 0 Å². The van der Waals surface area contributed by atoms with Crippen LogP contribution in [-0.4, -0.2) is 48.0 Å². The minimum atomic E-state index is 0.472. The highest BCUT2D eigenvalue weighted by molar-refractivity contribution is 7.80. The Morgan fingerprint density at radius 2 is 1.56 bits per heavy atom. The van der Waals surface area contributed by atoms with Crippen LogP contribution in [0.4, 0.5) is 0 Å². The normalized spacial score (nSPS) is 12.6. The summed E-state index contributed by atoms with van der Waals surface area (Å²) in [7, 11) is 7.92. The summed E-state index contributed by atoms with van der Waals surface area (Å²) in [4.78, 5) is 5.91. The summed E-state index contributed by atoms with van der Waals surface area (Å²) in [5.74, 6) is 0.472. The molecule has 0 aliphatic rings. The van der Waals surface area contributed by atoms with Gasteiger partial charge in [0, 0.05) is 41.0 Å². The van der Waals surface area contributed by atoms with E-state index in [2.05, 4.69) is 19.1 Å². The molecule has 1 unspecified atom stereocenters. The van der Waals surface area contributed by atoms with Crippen LogP contribution in [0.25, 0.3) is 0 Å². The minimum absolute atomic E-state index is 0.472. The lowest BCUT2D eigenvalue weighted by Gasteiger charge is -2.16. The monoisotopic (exact) mass is 258 g/mol. The van der Waals surface area contributed by atoms with Crippen molar-refractivity contribution in [3.05, 3.63) is 12.2 Å². The summed E-state index contributed by atoms with van der Waals surface area (Å²) in [5, 5.41) is 0. The van der Waals surface area contributed by atoms with Crippen LogP contribution in [0.2, 0.25) is 0 Å². The molecular formula is C12H22N2S2. The molecule has 0 bridgehead atoms. The van der Waals surface area contributed by atoms with Crippen LogP contribution < -0.4 is 0 Å². The molecule has 0 N–H and O–H groups in total. The van der Waals surface area contributed by atoms with Crippen molar-refractivity contribution in [3.63, 3.8) is 0 Å². The zero-order valence-electron chi connectivity index (χ0n) is 10.9. The molecule has 0 aliphatic carbocycles. The SMILES string of the molecule is CC(/C=C/CC(=S)N(C)C)CC(=S)N(C)C. The quantitative estimate of drug-likeness (QED) is 0.552. The molecule has 0 spiro atoms. The van der Waals surface area contributed by atoms with Crippen LogP contribution in [0, 0.1) is 5.92 Å². The topological polar surface area (TPSA) is 6.48 Å². The van der Waals surface area contributed by atoms with Crippen LogP contribution >= 0.6 is 24.4 Å². The first-order valence-electron chi connectivity index (χ1n) is 5.41. The highest BCUT2D eigenvalue weighted by atomic mass is 32.1. The molecule has 0 aliphatic heterocycles. The van der Waals surface area contributed by atoms with E-state index in [1.54, 1.807) is 0 Å². The molecule has 0 amide bonds. The van der Waals surface area contributed by atoms with E-state index in [0.717, 1.165) is 22.8 Å². The van der Waals surface area contributed by atoms with E-state index in [-0.39, 0.29) is 0 Å². The Hall–Kier alpha value is -0.480.